The van der Waals surface area contributed by atoms with Gasteiger partial charge in [-0.3, -0.25) is 9.79 Å². The minimum atomic E-state index is -0.0251. The smallest absolute Gasteiger partial charge is 0.221 e. The topological polar surface area (TPSA) is 85.1 Å². The second kappa shape index (κ2) is 9.64. The number of benzene rings is 2. The van der Waals surface area contributed by atoms with Crippen LogP contribution in [0.3, 0.4) is 0 Å². The Balaban J connectivity index is 1.46. The summed E-state index contributed by atoms with van der Waals surface area (Å²) in [5, 5.41) is 14.1. The summed E-state index contributed by atoms with van der Waals surface area (Å²) in [4.78, 5) is 16.3. The first-order valence-corrected chi connectivity index (χ1v) is 9.37. The lowest BCUT2D eigenvalue weighted by atomic mass is 10.2. The fraction of sp³-hybridized carbons (Fsp3) is 0.273. The maximum atomic E-state index is 12.1. The third kappa shape index (κ3) is 5.07. The minimum Gasteiger partial charge on any atom is -0.507 e. The highest BCUT2D eigenvalue weighted by atomic mass is 16.5. The number of aromatic nitrogens is 1. The summed E-state index contributed by atoms with van der Waals surface area (Å²) in [5.41, 5.74) is 1.59. The van der Waals surface area contributed by atoms with Gasteiger partial charge < -0.3 is 24.5 Å². The van der Waals surface area contributed by atoms with Gasteiger partial charge in [-0.2, -0.15) is 0 Å². The van der Waals surface area contributed by atoms with Crippen LogP contribution in [-0.4, -0.2) is 49.1 Å². The minimum absolute atomic E-state index is 0.0212. The molecule has 0 atom stereocenters. The van der Waals surface area contributed by atoms with E-state index in [0.29, 0.717) is 43.1 Å². The lowest BCUT2D eigenvalue weighted by Crippen LogP contribution is -2.26. The van der Waals surface area contributed by atoms with Gasteiger partial charge in [0.2, 0.25) is 5.91 Å². The monoisotopic (exact) mass is 395 g/mol. The van der Waals surface area contributed by atoms with Crippen LogP contribution in [0, 0.1) is 0 Å². The van der Waals surface area contributed by atoms with E-state index < -0.39 is 0 Å². The molecule has 2 N–H and O–H groups in total. The maximum Gasteiger partial charge on any atom is 0.221 e. The third-order valence-electron chi connectivity index (χ3n) is 4.59. The molecule has 7 nitrogen and oxygen atoms in total. The number of rotatable bonds is 9. The summed E-state index contributed by atoms with van der Waals surface area (Å²) < 4.78 is 12.4. The molecule has 29 heavy (non-hydrogen) atoms. The normalized spacial score (nSPS) is 11.1. The van der Waals surface area contributed by atoms with E-state index in [9.17, 15) is 9.90 Å². The average Bonchev–Trinajstić information content (AvgIpc) is 3.15. The Bertz CT molecular complexity index is 1010. The molecule has 1 amide bonds. The number of hydrogen-bond acceptors (Lipinski definition) is 5. The number of fused-ring (bicyclic) bond motifs is 1. The number of nitrogens with one attached hydrogen (secondary N) is 1. The highest BCUT2D eigenvalue weighted by Gasteiger charge is 2.09. The number of carbonyl (C=O) groups is 1. The molecule has 0 aliphatic carbocycles. The number of amides is 1. The maximum absolute atomic E-state index is 12.1. The van der Waals surface area contributed by atoms with Gasteiger partial charge in [0.1, 0.15) is 17.2 Å². The van der Waals surface area contributed by atoms with Crippen molar-refractivity contribution in [3.8, 4) is 17.2 Å². The molecule has 1 heterocycles. The molecule has 0 bridgehead atoms. The zero-order valence-corrected chi connectivity index (χ0v) is 16.6. The highest BCUT2D eigenvalue weighted by molar-refractivity contribution is 5.88. The van der Waals surface area contributed by atoms with E-state index in [0.717, 1.165) is 5.52 Å². The number of aliphatic imine (C=N–C) groups is 1. The molecule has 0 spiro atoms. The standard InChI is InChI=1S/C22H25N3O4/c1-28-17-13-20(26)18(21(14-17)29-2)15-23-9-10-24-22(27)8-12-25-11-7-16-5-3-4-6-19(16)25/h3-7,11,13-15,26H,8-10,12H2,1-2H3,(H,24,27). The van der Waals surface area contributed by atoms with Crippen LogP contribution in [0.2, 0.25) is 0 Å². The number of nitrogens with zero attached hydrogens (tertiary/aromatic N) is 2. The van der Waals surface area contributed by atoms with Gasteiger partial charge in [0.05, 0.1) is 26.3 Å². The molecular weight excluding hydrogens is 370 g/mol. The van der Waals surface area contributed by atoms with Crippen molar-refractivity contribution in [1.82, 2.24) is 9.88 Å². The molecule has 0 aliphatic heterocycles. The number of aromatic hydroxyl groups is 1. The SMILES string of the molecule is COc1cc(O)c(C=NCCNC(=O)CCn2ccc3ccccc32)c(OC)c1. The summed E-state index contributed by atoms with van der Waals surface area (Å²) >= 11 is 0. The number of phenols is 1. The second-order valence-electron chi connectivity index (χ2n) is 6.47. The number of aryl methyl sites for hydroxylation is 1. The first-order valence-electron chi connectivity index (χ1n) is 9.37. The summed E-state index contributed by atoms with van der Waals surface area (Å²) in [5.74, 6) is 0.962. The number of para-hydroxylation sites is 1. The molecule has 2 aromatic carbocycles. The van der Waals surface area contributed by atoms with E-state index in [1.165, 1.54) is 31.9 Å². The van der Waals surface area contributed by atoms with E-state index in [-0.39, 0.29) is 11.7 Å². The van der Waals surface area contributed by atoms with Crippen molar-refractivity contribution in [1.29, 1.82) is 0 Å². The van der Waals surface area contributed by atoms with Gasteiger partial charge in [0, 0.05) is 49.6 Å². The molecule has 1 aromatic heterocycles. The Hall–Kier alpha value is -3.48. The van der Waals surface area contributed by atoms with Gasteiger partial charge in [-0.1, -0.05) is 18.2 Å². The fourth-order valence-electron chi connectivity index (χ4n) is 3.07. The molecular formula is C22H25N3O4. The predicted octanol–water partition coefficient (Wildman–Crippen LogP) is 2.99. The molecule has 0 unspecified atom stereocenters. The first kappa shape index (κ1) is 20.3. The van der Waals surface area contributed by atoms with Crippen LogP contribution in [-0.2, 0) is 11.3 Å². The van der Waals surface area contributed by atoms with Gasteiger partial charge in [0.25, 0.3) is 0 Å². The van der Waals surface area contributed by atoms with E-state index in [2.05, 4.69) is 20.9 Å². The van der Waals surface area contributed by atoms with Gasteiger partial charge in [-0.15, -0.1) is 0 Å². The zero-order valence-electron chi connectivity index (χ0n) is 16.6. The molecule has 0 radical (unpaired) electrons. The van der Waals surface area contributed by atoms with Crippen molar-refractivity contribution in [3.63, 3.8) is 0 Å². The van der Waals surface area contributed by atoms with Gasteiger partial charge in [0.15, 0.2) is 0 Å². The van der Waals surface area contributed by atoms with Crippen molar-refractivity contribution in [2.75, 3.05) is 27.3 Å². The largest absolute Gasteiger partial charge is 0.507 e. The summed E-state index contributed by atoms with van der Waals surface area (Å²) in [6.07, 6.45) is 3.93. The Morgan fingerprint density at radius 2 is 2.03 bits per heavy atom. The van der Waals surface area contributed by atoms with E-state index in [1.807, 2.05) is 30.5 Å². The second-order valence-corrected chi connectivity index (χ2v) is 6.47. The quantitative estimate of drug-likeness (QED) is 0.431. The molecule has 7 heteroatoms. The van der Waals surface area contributed by atoms with Gasteiger partial charge in [-0.25, -0.2) is 0 Å². The Morgan fingerprint density at radius 1 is 1.21 bits per heavy atom. The van der Waals surface area contributed by atoms with E-state index in [4.69, 9.17) is 9.47 Å². The molecule has 3 rings (SSSR count). The zero-order chi connectivity index (χ0) is 20.6. The van der Waals surface area contributed by atoms with Crippen molar-refractivity contribution in [2.24, 2.45) is 4.99 Å². The fourth-order valence-corrected chi connectivity index (χ4v) is 3.07. The van der Waals surface area contributed by atoms with Crippen molar-refractivity contribution >= 4 is 23.0 Å². The van der Waals surface area contributed by atoms with Crippen LogP contribution in [0.1, 0.15) is 12.0 Å². The molecule has 152 valence electrons. The molecule has 0 saturated heterocycles. The Morgan fingerprint density at radius 3 is 2.83 bits per heavy atom. The van der Waals surface area contributed by atoms with Crippen molar-refractivity contribution < 1.29 is 19.4 Å². The summed E-state index contributed by atoms with van der Waals surface area (Å²) in [6, 6.07) is 13.3. The lowest BCUT2D eigenvalue weighted by molar-refractivity contribution is -0.121. The van der Waals surface area contributed by atoms with Gasteiger partial charge >= 0.3 is 0 Å². The van der Waals surface area contributed by atoms with Crippen LogP contribution in [0.15, 0.2) is 53.7 Å². The van der Waals surface area contributed by atoms with Crippen LogP contribution >= 0.6 is 0 Å². The number of ether oxygens (including phenoxy) is 2. The first-order chi connectivity index (χ1) is 14.1. The average molecular weight is 395 g/mol. The molecule has 3 aromatic rings. The molecule has 0 fully saturated rings. The Kier molecular flexibility index (Phi) is 6.73. The summed E-state index contributed by atoms with van der Waals surface area (Å²) in [7, 11) is 3.03. The van der Waals surface area contributed by atoms with Crippen LogP contribution in [0.4, 0.5) is 0 Å². The van der Waals surface area contributed by atoms with Crippen molar-refractivity contribution in [3.05, 3.63) is 54.2 Å². The highest BCUT2D eigenvalue weighted by Crippen LogP contribution is 2.31. The number of phenolic OH excluding ortho intramolecular Hbond substituents is 1. The predicted molar refractivity (Wildman–Crippen MR) is 113 cm³/mol. The number of carbonyl (C=O) groups excluding carboxylic acids is 1. The van der Waals surface area contributed by atoms with Gasteiger partial charge in [-0.05, 0) is 17.5 Å². The van der Waals surface area contributed by atoms with E-state index >= 15 is 0 Å². The van der Waals surface area contributed by atoms with Crippen LogP contribution in [0.25, 0.3) is 10.9 Å². The third-order valence-corrected chi connectivity index (χ3v) is 4.59. The molecule has 0 aliphatic rings. The number of methoxy groups -OCH3 is 2. The summed E-state index contributed by atoms with van der Waals surface area (Å²) in [6.45, 7) is 1.44. The molecule has 0 saturated carbocycles. The lowest BCUT2D eigenvalue weighted by Gasteiger charge is -2.09. The van der Waals surface area contributed by atoms with Crippen molar-refractivity contribution in [2.45, 2.75) is 13.0 Å². The Labute approximate surface area is 169 Å². The number of hydrogen-bond donors (Lipinski definition) is 2. The van der Waals surface area contributed by atoms with E-state index in [1.54, 1.807) is 6.07 Å². The van der Waals surface area contributed by atoms with Crippen LogP contribution in [0.5, 0.6) is 17.2 Å². The van der Waals surface area contributed by atoms with Crippen LogP contribution < -0.4 is 14.8 Å².